The van der Waals surface area contributed by atoms with Gasteiger partial charge in [0, 0.05) is 13.0 Å². The zero-order valence-electron chi connectivity index (χ0n) is 10.1. The summed E-state index contributed by atoms with van der Waals surface area (Å²) in [5, 5.41) is 6.45. The van der Waals surface area contributed by atoms with E-state index in [1.807, 2.05) is 0 Å². The van der Waals surface area contributed by atoms with Crippen molar-refractivity contribution in [3.8, 4) is 0 Å². The van der Waals surface area contributed by atoms with Crippen LogP contribution in [0.2, 0.25) is 0 Å². The summed E-state index contributed by atoms with van der Waals surface area (Å²) >= 11 is 0. The summed E-state index contributed by atoms with van der Waals surface area (Å²) in [6.45, 7) is 4.04. The second-order valence-electron chi connectivity index (χ2n) is 5.32. The molecule has 2 aliphatic rings. The first-order chi connectivity index (χ1) is 7.68. The van der Waals surface area contributed by atoms with Gasteiger partial charge in [0.1, 0.15) is 0 Å². The third-order valence-electron chi connectivity index (χ3n) is 3.58. The van der Waals surface area contributed by atoms with Crippen LogP contribution in [0.3, 0.4) is 0 Å². The van der Waals surface area contributed by atoms with Crippen LogP contribution in [-0.2, 0) is 4.79 Å². The fourth-order valence-corrected chi connectivity index (χ4v) is 2.58. The van der Waals surface area contributed by atoms with Crippen molar-refractivity contribution in [2.75, 3.05) is 13.1 Å². The summed E-state index contributed by atoms with van der Waals surface area (Å²) in [6.07, 6.45) is 8.69. The molecular formula is C13H22N2O. The van der Waals surface area contributed by atoms with E-state index in [0.717, 1.165) is 32.4 Å². The summed E-state index contributed by atoms with van der Waals surface area (Å²) in [5.74, 6) is 0.194. The quantitative estimate of drug-likeness (QED) is 0.714. The largest absolute Gasteiger partial charge is 0.349 e. The average molecular weight is 222 g/mol. The number of amides is 1. The molecule has 1 atom stereocenters. The lowest BCUT2D eigenvalue weighted by molar-refractivity contribution is -0.122. The molecule has 0 aromatic carbocycles. The summed E-state index contributed by atoms with van der Waals surface area (Å²) in [4.78, 5) is 11.9. The highest BCUT2D eigenvalue weighted by atomic mass is 16.1. The Balaban J connectivity index is 1.81. The maximum Gasteiger partial charge on any atom is 0.224 e. The van der Waals surface area contributed by atoms with Crippen molar-refractivity contribution in [3.05, 3.63) is 11.6 Å². The van der Waals surface area contributed by atoms with Crippen LogP contribution >= 0.6 is 0 Å². The molecule has 90 valence electrons. The first kappa shape index (κ1) is 11.6. The number of allylic oxidation sites excluding steroid dienone is 1. The monoisotopic (exact) mass is 222 g/mol. The predicted octanol–water partition coefficient (Wildman–Crippen LogP) is 1.75. The molecule has 0 aromatic heterocycles. The van der Waals surface area contributed by atoms with Gasteiger partial charge in [0.05, 0.1) is 5.54 Å². The second-order valence-corrected chi connectivity index (χ2v) is 5.32. The van der Waals surface area contributed by atoms with Gasteiger partial charge in [0.25, 0.3) is 0 Å². The van der Waals surface area contributed by atoms with Crippen molar-refractivity contribution in [3.63, 3.8) is 0 Å². The van der Waals surface area contributed by atoms with Gasteiger partial charge in [-0.3, -0.25) is 4.79 Å². The zero-order valence-corrected chi connectivity index (χ0v) is 10.1. The minimum atomic E-state index is -0.0215. The summed E-state index contributed by atoms with van der Waals surface area (Å²) in [7, 11) is 0. The minimum Gasteiger partial charge on any atom is -0.349 e. The Morgan fingerprint density at radius 2 is 2.44 bits per heavy atom. The summed E-state index contributed by atoms with van der Waals surface area (Å²) in [5.41, 5.74) is 1.31. The molecule has 1 fully saturated rings. The van der Waals surface area contributed by atoms with Crippen molar-refractivity contribution in [2.24, 2.45) is 0 Å². The number of carbonyl (C=O) groups is 1. The van der Waals surface area contributed by atoms with Crippen LogP contribution in [0.1, 0.15) is 45.4 Å². The van der Waals surface area contributed by atoms with Gasteiger partial charge in [0.2, 0.25) is 5.91 Å². The first-order valence-electron chi connectivity index (χ1n) is 6.38. The first-order valence-corrected chi connectivity index (χ1v) is 6.38. The Hall–Kier alpha value is -0.830. The highest BCUT2D eigenvalue weighted by Gasteiger charge is 2.29. The maximum absolute atomic E-state index is 11.9. The lowest BCUT2D eigenvalue weighted by Crippen LogP contribution is -2.47. The predicted molar refractivity (Wildman–Crippen MR) is 65.2 cm³/mol. The van der Waals surface area contributed by atoms with Gasteiger partial charge in [-0.1, -0.05) is 11.6 Å². The Labute approximate surface area is 97.7 Å². The maximum atomic E-state index is 11.9. The van der Waals surface area contributed by atoms with Gasteiger partial charge in [-0.2, -0.15) is 0 Å². The van der Waals surface area contributed by atoms with Crippen LogP contribution in [0.25, 0.3) is 0 Å². The van der Waals surface area contributed by atoms with Gasteiger partial charge in [-0.15, -0.1) is 0 Å². The fourth-order valence-electron chi connectivity index (χ4n) is 2.58. The molecule has 0 radical (unpaired) electrons. The Morgan fingerprint density at radius 3 is 3.06 bits per heavy atom. The van der Waals surface area contributed by atoms with E-state index in [2.05, 4.69) is 23.6 Å². The molecule has 2 rings (SSSR count). The number of hydrogen-bond acceptors (Lipinski definition) is 2. The van der Waals surface area contributed by atoms with Crippen LogP contribution in [-0.4, -0.2) is 24.5 Å². The molecule has 1 saturated heterocycles. The summed E-state index contributed by atoms with van der Waals surface area (Å²) < 4.78 is 0. The third-order valence-corrected chi connectivity index (χ3v) is 3.58. The molecule has 1 aliphatic heterocycles. The van der Waals surface area contributed by atoms with Crippen LogP contribution in [0.4, 0.5) is 0 Å². The molecule has 1 heterocycles. The fraction of sp³-hybridized carbons (Fsp3) is 0.769. The van der Waals surface area contributed by atoms with E-state index >= 15 is 0 Å². The van der Waals surface area contributed by atoms with E-state index in [4.69, 9.17) is 0 Å². The molecule has 0 aromatic rings. The van der Waals surface area contributed by atoms with E-state index in [1.165, 1.54) is 18.4 Å². The van der Waals surface area contributed by atoms with E-state index in [-0.39, 0.29) is 11.4 Å². The molecule has 1 unspecified atom stereocenters. The van der Waals surface area contributed by atoms with E-state index < -0.39 is 0 Å². The Morgan fingerprint density at radius 1 is 1.56 bits per heavy atom. The lowest BCUT2D eigenvalue weighted by Gasteiger charge is -2.25. The summed E-state index contributed by atoms with van der Waals surface area (Å²) in [6, 6.07) is 0. The number of hydrogen-bond donors (Lipinski definition) is 2. The molecule has 16 heavy (non-hydrogen) atoms. The molecule has 2 N–H and O–H groups in total. The van der Waals surface area contributed by atoms with Crippen molar-refractivity contribution in [2.45, 2.75) is 51.0 Å². The molecular weight excluding hydrogens is 200 g/mol. The van der Waals surface area contributed by atoms with Crippen LogP contribution in [0.5, 0.6) is 0 Å². The Kier molecular flexibility index (Phi) is 3.64. The molecule has 3 nitrogen and oxygen atoms in total. The van der Waals surface area contributed by atoms with Gasteiger partial charge in [-0.05, 0) is 45.6 Å². The second kappa shape index (κ2) is 5.00. The SMILES string of the molecule is CC1(NC(=O)CC2=CCCCC2)CCNC1. The molecule has 0 saturated carbocycles. The topological polar surface area (TPSA) is 41.1 Å². The minimum absolute atomic E-state index is 0.0215. The smallest absolute Gasteiger partial charge is 0.224 e. The van der Waals surface area contributed by atoms with E-state index in [1.54, 1.807) is 0 Å². The van der Waals surface area contributed by atoms with E-state index in [9.17, 15) is 4.79 Å². The number of rotatable bonds is 3. The van der Waals surface area contributed by atoms with Crippen LogP contribution < -0.4 is 10.6 Å². The zero-order chi connectivity index (χ0) is 11.4. The van der Waals surface area contributed by atoms with Crippen molar-refractivity contribution in [1.82, 2.24) is 10.6 Å². The van der Waals surface area contributed by atoms with Crippen molar-refractivity contribution >= 4 is 5.91 Å². The normalized spacial score (nSPS) is 29.9. The molecule has 0 spiro atoms. The molecule has 3 heteroatoms. The highest BCUT2D eigenvalue weighted by Crippen LogP contribution is 2.21. The van der Waals surface area contributed by atoms with Crippen LogP contribution in [0, 0.1) is 0 Å². The van der Waals surface area contributed by atoms with Crippen molar-refractivity contribution in [1.29, 1.82) is 0 Å². The van der Waals surface area contributed by atoms with Gasteiger partial charge in [0.15, 0.2) is 0 Å². The molecule has 0 bridgehead atoms. The molecule has 1 aliphatic carbocycles. The van der Waals surface area contributed by atoms with Gasteiger partial charge >= 0.3 is 0 Å². The standard InChI is InChI=1S/C13H22N2O/c1-13(7-8-14-10-13)15-12(16)9-11-5-3-2-4-6-11/h5,14H,2-4,6-10H2,1H3,(H,15,16). The third kappa shape index (κ3) is 3.08. The van der Waals surface area contributed by atoms with Gasteiger partial charge < -0.3 is 10.6 Å². The average Bonchev–Trinajstić information content (AvgIpc) is 2.66. The number of carbonyl (C=O) groups excluding carboxylic acids is 1. The van der Waals surface area contributed by atoms with Crippen LogP contribution in [0.15, 0.2) is 11.6 Å². The molecule has 1 amide bonds. The van der Waals surface area contributed by atoms with E-state index in [0.29, 0.717) is 6.42 Å². The Bertz CT molecular complexity index is 290. The lowest BCUT2D eigenvalue weighted by atomic mass is 9.96. The van der Waals surface area contributed by atoms with Crippen molar-refractivity contribution < 1.29 is 4.79 Å². The number of nitrogens with one attached hydrogen (secondary N) is 2. The van der Waals surface area contributed by atoms with Gasteiger partial charge in [-0.25, -0.2) is 0 Å². The highest BCUT2D eigenvalue weighted by molar-refractivity contribution is 5.79.